The number of piperidine rings is 1. The first-order valence-electron chi connectivity index (χ1n) is 10.6. The van der Waals surface area contributed by atoms with Crippen LogP contribution in [0.15, 0.2) is 53.5 Å². The Labute approximate surface area is 185 Å². The number of rotatable bonds is 7. The Morgan fingerprint density at radius 3 is 2.48 bits per heavy atom. The molecule has 8 heteroatoms. The van der Waals surface area contributed by atoms with Gasteiger partial charge in [-0.05, 0) is 49.4 Å². The van der Waals surface area contributed by atoms with Gasteiger partial charge in [0.15, 0.2) is 5.96 Å². The molecule has 1 fully saturated rings. The normalized spacial score (nSPS) is 16.2. The molecule has 1 aliphatic rings. The summed E-state index contributed by atoms with van der Waals surface area (Å²) in [5.74, 6) is 2.77. The topological polar surface area (TPSA) is 83.0 Å². The third kappa shape index (κ3) is 6.97. The summed E-state index contributed by atoms with van der Waals surface area (Å²) in [6.45, 7) is 4.55. The van der Waals surface area contributed by atoms with Gasteiger partial charge < -0.3 is 15.4 Å². The van der Waals surface area contributed by atoms with Gasteiger partial charge >= 0.3 is 0 Å². The van der Waals surface area contributed by atoms with E-state index in [9.17, 15) is 8.42 Å². The summed E-state index contributed by atoms with van der Waals surface area (Å²) < 4.78 is 31.0. The molecule has 3 rings (SSSR count). The SMILES string of the molecule is CN=C(NCc1ccc(C)cc1Oc1ccccc1)NCC1CCN(S(C)(=O)=O)CC1. The third-order valence-corrected chi connectivity index (χ3v) is 6.77. The molecule has 0 aliphatic carbocycles. The number of hydrogen-bond acceptors (Lipinski definition) is 4. The number of ether oxygens (including phenoxy) is 1. The maximum atomic E-state index is 11.7. The van der Waals surface area contributed by atoms with Gasteiger partial charge in [-0.1, -0.05) is 30.3 Å². The minimum Gasteiger partial charge on any atom is -0.457 e. The van der Waals surface area contributed by atoms with Crippen LogP contribution in [0.5, 0.6) is 11.5 Å². The molecule has 0 spiro atoms. The Morgan fingerprint density at radius 2 is 1.84 bits per heavy atom. The molecule has 2 N–H and O–H groups in total. The quantitative estimate of drug-likeness (QED) is 0.506. The fraction of sp³-hybridized carbons (Fsp3) is 0.435. The van der Waals surface area contributed by atoms with Gasteiger partial charge in [0.1, 0.15) is 11.5 Å². The largest absolute Gasteiger partial charge is 0.457 e. The van der Waals surface area contributed by atoms with Crippen LogP contribution in [-0.2, 0) is 16.6 Å². The minimum absolute atomic E-state index is 0.424. The third-order valence-electron chi connectivity index (χ3n) is 5.46. The minimum atomic E-state index is -3.09. The highest BCUT2D eigenvalue weighted by molar-refractivity contribution is 7.88. The zero-order valence-electron chi connectivity index (χ0n) is 18.5. The van der Waals surface area contributed by atoms with Crippen molar-refractivity contribution in [1.82, 2.24) is 14.9 Å². The molecule has 1 heterocycles. The van der Waals surface area contributed by atoms with Crippen LogP contribution in [-0.4, -0.2) is 51.6 Å². The van der Waals surface area contributed by atoms with Crippen LogP contribution in [0.3, 0.4) is 0 Å². The molecule has 31 heavy (non-hydrogen) atoms. The summed E-state index contributed by atoms with van der Waals surface area (Å²) >= 11 is 0. The number of para-hydroxylation sites is 1. The molecule has 0 unspecified atom stereocenters. The molecule has 0 amide bonds. The lowest BCUT2D eigenvalue weighted by Crippen LogP contribution is -2.43. The van der Waals surface area contributed by atoms with Crippen molar-refractivity contribution in [2.24, 2.45) is 10.9 Å². The van der Waals surface area contributed by atoms with Crippen molar-refractivity contribution >= 4 is 16.0 Å². The van der Waals surface area contributed by atoms with Crippen LogP contribution in [0.25, 0.3) is 0 Å². The zero-order chi connectivity index (χ0) is 22.3. The van der Waals surface area contributed by atoms with E-state index >= 15 is 0 Å². The second-order valence-corrected chi connectivity index (χ2v) is 9.92. The van der Waals surface area contributed by atoms with Gasteiger partial charge in [0.05, 0.1) is 6.26 Å². The standard InChI is InChI=1S/C23H32N4O3S/c1-18-9-10-20(22(15-18)30-21-7-5-4-6-8-21)17-26-23(24-2)25-16-19-11-13-27(14-12-19)31(3,28)29/h4-10,15,19H,11-14,16-17H2,1-3H3,(H2,24,25,26). The molecule has 2 aromatic carbocycles. The van der Waals surface area contributed by atoms with Crippen LogP contribution in [0, 0.1) is 12.8 Å². The van der Waals surface area contributed by atoms with Crippen LogP contribution in [0.2, 0.25) is 0 Å². The average molecular weight is 445 g/mol. The van der Waals surface area contributed by atoms with Crippen LogP contribution in [0.1, 0.15) is 24.0 Å². The van der Waals surface area contributed by atoms with Crippen LogP contribution < -0.4 is 15.4 Å². The van der Waals surface area contributed by atoms with Crippen molar-refractivity contribution in [1.29, 1.82) is 0 Å². The second kappa shape index (κ2) is 10.6. The number of guanidine groups is 1. The predicted molar refractivity (Wildman–Crippen MR) is 125 cm³/mol. The van der Waals surface area contributed by atoms with Gasteiger partial charge in [-0.25, -0.2) is 12.7 Å². The van der Waals surface area contributed by atoms with E-state index in [2.05, 4.69) is 27.8 Å². The maximum Gasteiger partial charge on any atom is 0.211 e. The molecule has 0 saturated carbocycles. The summed E-state index contributed by atoms with van der Waals surface area (Å²) in [5, 5.41) is 6.73. The Morgan fingerprint density at radius 1 is 1.13 bits per heavy atom. The van der Waals surface area contributed by atoms with Gasteiger partial charge in [-0.2, -0.15) is 0 Å². The Kier molecular flexibility index (Phi) is 7.92. The van der Waals surface area contributed by atoms with Crippen molar-refractivity contribution in [3.63, 3.8) is 0 Å². The van der Waals surface area contributed by atoms with Crippen molar-refractivity contribution < 1.29 is 13.2 Å². The van der Waals surface area contributed by atoms with Crippen molar-refractivity contribution in [3.05, 3.63) is 59.7 Å². The first-order valence-corrected chi connectivity index (χ1v) is 12.4. The highest BCUT2D eigenvalue weighted by Crippen LogP contribution is 2.26. The molecular formula is C23H32N4O3S. The van der Waals surface area contributed by atoms with E-state index in [0.29, 0.717) is 25.6 Å². The number of benzene rings is 2. The van der Waals surface area contributed by atoms with E-state index in [4.69, 9.17) is 4.74 Å². The van der Waals surface area contributed by atoms with E-state index in [1.165, 1.54) is 6.26 Å². The van der Waals surface area contributed by atoms with Gasteiger partial charge in [0.2, 0.25) is 10.0 Å². The summed E-state index contributed by atoms with van der Waals surface area (Å²) in [6.07, 6.45) is 2.98. The lowest BCUT2D eigenvalue weighted by atomic mass is 9.98. The molecule has 7 nitrogen and oxygen atoms in total. The molecule has 0 bridgehead atoms. The lowest BCUT2D eigenvalue weighted by molar-refractivity contribution is 0.275. The molecule has 1 aliphatic heterocycles. The first-order chi connectivity index (χ1) is 14.8. The maximum absolute atomic E-state index is 11.7. The van der Waals surface area contributed by atoms with Crippen molar-refractivity contribution in [3.8, 4) is 11.5 Å². The summed E-state index contributed by atoms with van der Waals surface area (Å²) in [5.41, 5.74) is 2.18. The molecule has 1 saturated heterocycles. The average Bonchev–Trinajstić information content (AvgIpc) is 2.75. The number of sulfonamides is 1. The van der Waals surface area contributed by atoms with E-state index in [1.807, 2.05) is 43.3 Å². The molecule has 168 valence electrons. The molecular weight excluding hydrogens is 412 g/mol. The lowest BCUT2D eigenvalue weighted by Gasteiger charge is -2.30. The van der Waals surface area contributed by atoms with Crippen molar-refractivity contribution in [2.75, 3.05) is 32.9 Å². The smallest absolute Gasteiger partial charge is 0.211 e. The fourth-order valence-electron chi connectivity index (χ4n) is 3.60. The molecule has 0 atom stereocenters. The Balaban J connectivity index is 1.53. The van der Waals surface area contributed by atoms with E-state index < -0.39 is 10.0 Å². The number of hydrogen-bond donors (Lipinski definition) is 2. The van der Waals surface area contributed by atoms with E-state index in [1.54, 1.807) is 11.4 Å². The van der Waals surface area contributed by atoms with Crippen LogP contribution in [0.4, 0.5) is 0 Å². The van der Waals surface area contributed by atoms with Gasteiger partial charge in [-0.3, -0.25) is 4.99 Å². The van der Waals surface area contributed by atoms with Crippen molar-refractivity contribution in [2.45, 2.75) is 26.3 Å². The van der Waals surface area contributed by atoms with E-state index in [0.717, 1.165) is 48.0 Å². The number of aliphatic imine (C=N–C) groups is 1. The first kappa shape index (κ1) is 23.1. The van der Waals surface area contributed by atoms with Gasteiger partial charge in [0, 0.05) is 38.8 Å². The predicted octanol–water partition coefficient (Wildman–Crippen LogP) is 3.12. The van der Waals surface area contributed by atoms with E-state index in [-0.39, 0.29) is 0 Å². The highest BCUT2D eigenvalue weighted by atomic mass is 32.2. The highest BCUT2D eigenvalue weighted by Gasteiger charge is 2.24. The zero-order valence-corrected chi connectivity index (χ0v) is 19.3. The monoisotopic (exact) mass is 444 g/mol. The fourth-order valence-corrected chi connectivity index (χ4v) is 4.48. The number of nitrogens with one attached hydrogen (secondary N) is 2. The van der Waals surface area contributed by atoms with Gasteiger partial charge in [-0.15, -0.1) is 0 Å². The molecule has 2 aromatic rings. The Hall–Kier alpha value is -2.58. The summed E-state index contributed by atoms with van der Waals surface area (Å²) in [6, 6.07) is 15.9. The molecule has 0 radical (unpaired) electrons. The number of aryl methyl sites for hydroxylation is 1. The van der Waals surface area contributed by atoms with Crippen LogP contribution >= 0.6 is 0 Å². The Bertz CT molecular complexity index is 985. The second-order valence-electron chi connectivity index (χ2n) is 7.94. The summed E-state index contributed by atoms with van der Waals surface area (Å²) in [4.78, 5) is 4.32. The number of nitrogens with zero attached hydrogens (tertiary/aromatic N) is 2. The van der Waals surface area contributed by atoms with Gasteiger partial charge in [0.25, 0.3) is 0 Å². The summed E-state index contributed by atoms with van der Waals surface area (Å²) in [7, 11) is -1.34. The molecule has 0 aromatic heterocycles.